The Hall–Kier alpha value is -2.03. The number of carbonyl (C=O) groups is 1. The summed E-state index contributed by atoms with van der Waals surface area (Å²) in [5.41, 5.74) is 3.90. The molecule has 0 N–H and O–H groups in total. The van der Waals surface area contributed by atoms with E-state index in [9.17, 15) is 4.79 Å². The summed E-state index contributed by atoms with van der Waals surface area (Å²) in [5.74, 6) is 0.454. The molecule has 0 aliphatic heterocycles. The topological polar surface area (TPSA) is 60.7 Å². The average Bonchev–Trinajstić information content (AvgIpc) is 3.33. The van der Waals surface area contributed by atoms with E-state index in [0.29, 0.717) is 5.75 Å². The molecule has 0 bridgehead atoms. The molecule has 4 rings (SSSR count). The summed E-state index contributed by atoms with van der Waals surface area (Å²) in [6, 6.07) is 1.95. The van der Waals surface area contributed by atoms with Gasteiger partial charge in [-0.15, -0.1) is 22.7 Å². The number of hydrogen-bond acceptors (Lipinski definition) is 7. The lowest BCUT2D eigenvalue weighted by Gasteiger charge is -2.06. The van der Waals surface area contributed by atoms with E-state index in [0.717, 1.165) is 37.3 Å². The van der Waals surface area contributed by atoms with Crippen LogP contribution in [0.2, 0.25) is 0 Å². The van der Waals surface area contributed by atoms with Crippen molar-refractivity contribution in [3.63, 3.8) is 0 Å². The first-order valence-electron chi connectivity index (χ1n) is 8.43. The van der Waals surface area contributed by atoms with Crippen molar-refractivity contribution in [1.29, 1.82) is 0 Å². The highest BCUT2D eigenvalue weighted by Gasteiger charge is 2.19. The minimum absolute atomic E-state index is 0.104. The number of hydrogen-bond donors (Lipinski definition) is 0. The second kappa shape index (κ2) is 7.18. The second-order valence-corrected chi connectivity index (χ2v) is 9.33. The lowest BCUT2D eigenvalue weighted by Crippen LogP contribution is -2.05. The Labute approximate surface area is 169 Å². The molecule has 27 heavy (non-hydrogen) atoms. The first kappa shape index (κ1) is 18.3. The summed E-state index contributed by atoms with van der Waals surface area (Å²) in [6.45, 7) is 8.16. The van der Waals surface area contributed by atoms with Crippen LogP contribution in [0.3, 0.4) is 0 Å². The van der Waals surface area contributed by atoms with Gasteiger partial charge in [-0.3, -0.25) is 9.36 Å². The maximum Gasteiger partial charge on any atom is 0.193 e. The number of rotatable bonds is 5. The second-order valence-electron chi connectivity index (χ2n) is 6.29. The third-order valence-electron chi connectivity index (χ3n) is 4.61. The molecule has 138 valence electrons. The van der Waals surface area contributed by atoms with Crippen LogP contribution in [0.5, 0.6) is 0 Å². The summed E-state index contributed by atoms with van der Waals surface area (Å²) in [5, 5.41) is 4.78. The van der Waals surface area contributed by atoms with Crippen LogP contribution in [0.25, 0.3) is 15.3 Å². The van der Waals surface area contributed by atoms with Crippen LogP contribution >= 0.6 is 34.4 Å². The predicted octanol–water partition coefficient (Wildman–Crippen LogP) is 5.15. The number of thioether (sulfide) groups is 1. The highest BCUT2D eigenvalue weighted by Crippen LogP contribution is 2.35. The van der Waals surface area contributed by atoms with Gasteiger partial charge in [0.2, 0.25) is 0 Å². The van der Waals surface area contributed by atoms with Crippen molar-refractivity contribution in [3.05, 3.63) is 51.4 Å². The quantitative estimate of drug-likeness (QED) is 0.257. The summed E-state index contributed by atoms with van der Waals surface area (Å²) in [6.07, 6.45) is 3.36. The van der Waals surface area contributed by atoms with Gasteiger partial charge in [0.25, 0.3) is 0 Å². The van der Waals surface area contributed by atoms with Gasteiger partial charge in [-0.1, -0.05) is 11.8 Å². The Morgan fingerprint density at radius 3 is 2.74 bits per heavy atom. The fourth-order valence-electron chi connectivity index (χ4n) is 3.14. The van der Waals surface area contributed by atoms with Crippen LogP contribution < -0.4 is 0 Å². The lowest BCUT2D eigenvalue weighted by atomic mass is 10.2. The Bertz CT molecular complexity index is 1140. The van der Waals surface area contributed by atoms with E-state index in [4.69, 9.17) is 0 Å². The molecule has 0 unspecified atom stereocenters. The zero-order valence-corrected chi connectivity index (χ0v) is 17.9. The third-order valence-corrected chi connectivity index (χ3v) is 7.47. The number of thiophene rings is 1. The maximum absolute atomic E-state index is 12.9. The van der Waals surface area contributed by atoms with Crippen molar-refractivity contribution < 1.29 is 4.79 Å². The summed E-state index contributed by atoms with van der Waals surface area (Å²) in [4.78, 5) is 28.3. The largest absolute Gasteiger partial charge is 0.294 e. The minimum atomic E-state index is 0.104. The highest BCUT2D eigenvalue weighted by molar-refractivity contribution is 8.00. The molecule has 0 amide bonds. The van der Waals surface area contributed by atoms with Gasteiger partial charge in [-0.25, -0.2) is 15.0 Å². The molecule has 0 saturated heterocycles. The van der Waals surface area contributed by atoms with Gasteiger partial charge >= 0.3 is 0 Å². The van der Waals surface area contributed by atoms with Gasteiger partial charge < -0.3 is 0 Å². The fourth-order valence-corrected chi connectivity index (χ4v) is 5.89. The van der Waals surface area contributed by atoms with Crippen molar-refractivity contribution in [2.45, 2.75) is 32.7 Å². The number of carbonyl (C=O) groups excluding carboxylic acids is 1. The normalized spacial score (nSPS) is 11.4. The van der Waals surface area contributed by atoms with E-state index in [1.54, 1.807) is 35.2 Å². The van der Waals surface area contributed by atoms with Crippen molar-refractivity contribution in [2.24, 2.45) is 0 Å². The Balaban J connectivity index is 1.60. The van der Waals surface area contributed by atoms with Crippen molar-refractivity contribution in [2.75, 3.05) is 5.75 Å². The standard InChI is InChI=1S/C19H18N4OS3/c1-10-7-14(12(3)23(10)19-20-5-6-25-19)15(24)8-26-17-16-11(2)13(4)27-18(16)22-9-21-17/h5-7,9H,8H2,1-4H3. The smallest absolute Gasteiger partial charge is 0.193 e. The van der Waals surface area contributed by atoms with Crippen LogP contribution in [-0.4, -0.2) is 31.1 Å². The molecule has 8 heteroatoms. The van der Waals surface area contributed by atoms with Crippen LogP contribution in [-0.2, 0) is 0 Å². The van der Waals surface area contributed by atoms with Crippen molar-refractivity contribution in [3.8, 4) is 5.13 Å². The van der Waals surface area contributed by atoms with E-state index >= 15 is 0 Å². The molecular weight excluding hydrogens is 396 g/mol. The van der Waals surface area contributed by atoms with E-state index in [1.165, 1.54) is 22.2 Å². The van der Waals surface area contributed by atoms with E-state index < -0.39 is 0 Å². The summed E-state index contributed by atoms with van der Waals surface area (Å²) in [7, 11) is 0. The number of nitrogens with zero attached hydrogens (tertiary/aromatic N) is 4. The van der Waals surface area contributed by atoms with Gasteiger partial charge in [0.15, 0.2) is 10.9 Å². The van der Waals surface area contributed by atoms with E-state index in [-0.39, 0.29) is 5.78 Å². The average molecular weight is 415 g/mol. The first-order valence-corrected chi connectivity index (χ1v) is 11.1. The summed E-state index contributed by atoms with van der Waals surface area (Å²) < 4.78 is 2.04. The number of Topliss-reactive ketones (excluding diaryl/α,β-unsaturated/α-hetero) is 1. The van der Waals surface area contributed by atoms with Gasteiger partial charge in [-0.05, 0) is 39.3 Å². The molecule has 0 spiro atoms. The highest BCUT2D eigenvalue weighted by atomic mass is 32.2. The zero-order valence-electron chi connectivity index (χ0n) is 15.4. The molecular formula is C19H18N4OS3. The molecule has 0 aliphatic rings. The monoisotopic (exact) mass is 414 g/mol. The zero-order chi connectivity index (χ0) is 19.1. The molecule has 4 aromatic heterocycles. The van der Waals surface area contributed by atoms with Gasteiger partial charge in [0, 0.05) is 38.8 Å². The van der Waals surface area contributed by atoms with Gasteiger partial charge in [0.1, 0.15) is 16.2 Å². The Kier molecular flexibility index (Phi) is 4.88. The molecule has 0 atom stereocenters. The molecule has 5 nitrogen and oxygen atoms in total. The van der Waals surface area contributed by atoms with Gasteiger partial charge in [-0.2, -0.15) is 0 Å². The Morgan fingerprint density at radius 1 is 1.19 bits per heavy atom. The molecule has 4 aromatic rings. The van der Waals surface area contributed by atoms with Gasteiger partial charge in [0.05, 0.1) is 5.75 Å². The van der Waals surface area contributed by atoms with E-state index in [2.05, 4.69) is 28.8 Å². The van der Waals surface area contributed by atoms with Crippen LogP contribution in [0.4, 0.5) is 0 Å². The fraction of sp³-hybridized carbons (Fsp3) is 0.263. The third kappa shape index (κ3) is 3.22. The molecule has 4 heterocycles. The SMILES string of the molecule is Cc1sc2ncnc(SCC(=O)c3cc(C)n(-c4nccs4)c3C)c2c1C. The van der Waals surface area contributed by atoms with Crippen LogP contribution in [0.1, 0.15) is 32.2 Å². The lowest BCUT2D eigenvalue weighted by molar-refractivity contribution is 0.102. The molecule has 0 fully saturated rings. The number of ketones is 1. The number of aromatic nitrogens is 4. The predicted molar refractivity (Wildman–Crippen MR) is 113 cm³/mol. The molecule has 0 saturated carbocycles. The summed E-state index contributed by atoms with van der Waals surface area (Å²) >= 11 is 4.72. The molecule has 0 radical (unpaired) electrons. The van der Waals surface area contributed by atoms with Crippen LogP contribution in [0.15, 0.2) is 29.0 Å². The number of aryl methyl sites for hydroxylation is 3. The Morgan fingerprint density at radius 2 is 2.00 bits per heavy atom. The number of fused-ring (bicyclic) bond motifs is 1. The first-order chi connectivity index (χ1) is 13.0. The molecule has 0 aliphatic carbocycles. The van der Waals surface area contributed by atoms with Crippen molar-refractivity contribution >= 4 is 50.4 Å². The minimum Gasteiger partial charge on any atom is -0.294 e. The molecule has 0 aromatic carbocycles. The van der Waals surface area contributed by atoms with Crippen LogP contribution in [0, 0.1) is 27.7 Å². The maximum atomic E-state index is 12.9. The van der Waals surface area contributed by atoms with Crippen molar-refractivity contribution in [1.82, 2.24) is 19.5 Å². The van der Waals surface area contributed by atoms with E-state index in [1.807, 2.05) is 29.9 Å². The number of thiazole rings is 1.